The van der Waals surface area contributed by atoms with Gasteiger partial charge in [-0.05, 0) is 42.3 Å². The molecule has 40 heavy (non-hydrogen) atoms. The van der Waals surface area contributed by atoms with Gasteiger partial charge in [0.05, 0.1) is 12.0 Å². The predicted octanol–water partition coefficient (Wildman–Crippen LogP) is 6.50. The van der Waals surface area contributed by atoms with Gasteiger partial charge in [-0.1, -0.05) is 102 Å². The van der Waals surface area contributed by atoms with E-state index in [-0.39, 0.29) is 17.5 Å². The molecule has 1 N–H and O–H groups in total. The molecule has 4 aromatic carbocycles. The summed E-state index contributed by atoms with van der Waals surface area (Å²) >= 11 is 6.36. The van der Waals surface area contributed by atoms with Crippen LogP contribution < -0.4 is 10.2 Å². The average molecular weight is 545 g/mol. The maximum Gasteiger partial charge on any atom is 0.238 e. The monoisotopic (exact) mass is 544 g/mol. The summed E-state index contributed by atoms with van der Waals surface area (Å²) in [5.41, 5.74) is 3.64. The van der Waals surface area contributed by atoms with Crippen LogP contribution in [0.5, 0.6) is 0 Å². The number of hydrogen-bond acceptors (Lipinski definition) is 4. The van der Waals surface area contributed by atoms with Crippen LogP contribution in [0.2, 0.25) is 5.02 Å². The lowest BCUT2D eigenvalue weighted by molar-refractivity contribution is -0.121. The number of Topliss-reactive ketones (excluding diaryl/α,β-unsaturated/α-hetero) is 2. The Bertz CT molecular complexity index is 1730. The van der Waals surface area contributed by atoms with E-state index in [0.717, 1.165) is 22.4 Å². The van der Waals surface area contributed by atoms with Gasteiger partial charge in [-0.2, -0.15) is 0 Å². The van der Waals surface area contributed by atoms with Crippen molar-refractivity contribution in [2.24, 2.45) is 5.92 Å². The molecule has 0 aliphatic carbocycles. The Morgan fingerprint density at radius 2 is 1.55 bits per heavy atom. The Labute approximate surface area is 237 Å². The molecule has 0 aromatic heterocycles. The van der Waals surface area contributed by atoms with E-state index >= 15 is 0 Å². The number of hydrogen-bond donors (Lipinski definition) is 1. The topological polar surface area (TPSA) is 66.5 Å². The van der Waals surface area contributed by atoms with Crippen molar-refractivity contribution in [2.45, 2.75) is 24.4 Å². The maximum absolute atomic E-state index is 14.7. The van der Waals surface area contributed by atoms with Crippen molar-refractivity contribution < 1.29 is 14.4 Å². The van der Waals surface area contributed by atoms with E-state index in [1.807, 2.05) is 90.7 Å². The number of halogens is 1. The van der Waals surface area contributed by atoms with Gasteiger partial charge in [-0.25, -0.2) is 0 Å². The van der Waals surface area contributed by atoms with Crippen molar-refractivity contribution in [3.8, 4) is 0 Å². The highest BCUT2D eigenvalue weighted by atomic mass is 35.5. The standard InChI is InChI=1S/C34H25ClN2O3/c1-20-11-13-22(14-12-20)31(38)29-30(32(39)21-7-3-2-4-8-21)37-27-17-16-24(35)19-23(27)15-18-28(37)34(29)25-9-5-6-10-26(25)36-33(34)40/h2-19,28-30H,1H3,(H,36,40)/t28-,29-,30+,34-/m0/s1. The number of amides is 1. The number of para-hydroxylation sites is 1. The molecule has 0 bridgehead atoms. The number of fused-ring (bicyclic) bond motifs is 6. The molecule has 6 heteroatoms. The van der Waals surface area contributed by atoms with E-state index in [1.165, 1.54) is 0 Å². The van der Waals surface area contributed by atoms with E-state index in [9.17, 15) is 14.4 Å². The van der Waals surface area contributed by atoms with E-state index in [2.05, 4.69) is 5.32 Å². The van der Waals surface area contributed by atoms with Crippen molar-refractivity contribution in [1.82, 2.24) is 0 Å². The fraction of sp³-hybridized carbons (Fsp3) is 0.147. The van der Waals surface area contributed by atoms with Crippen LogP contribution in [-0.2, 0) is 10.2 Å². The normalized spacial score (nSPS) is 23.9. The van der Waals surface area contributed by atoms with E-state index < -0.39 is 23.4 Å². The zero-order valence-corrected chi connectivity index (χ0v) is 22.4. The smallest absolute Gasteiger partial charge is 0.238 e. The molecule has 4 aromatic rings. The summed E-state index contributed by atoms with van der Waals surface area (Å²) in [6.45, 7) is 1.96. The largest absolute Gasteiger partial charge is 0.352 e. The van der Waals surface area contributed by atoms with Crippen molar-refractivity contribution in [3.63, 3.8) is 0 Å². The minimum Gasteiger partial charge on any atom is -0.352 e. The maximum atomic E-state index is 14.7. The number of aryl methyl sites for hydroxylation is 1. The summed E-state index contributed by atoms with van der Waals surface area (Å²) in [5, 5.41) is 3.62. The zero-order valence-electron chi connectivity index (χ0n) is 21.7. The van der Waals surface area contributed by atoms with Crippen molar-refractivity contribution >= 4 is 46.5 Å². The van der Waals surface area contributed by atoms with Gasteiger partial charge in [0.1, 0.15) is 11.5 Å². The molecule has 1 amide bonds. The molecule has 0 saturated carbocycles. The van der Waals surface area contributed by atoms with Crippen molar-refractivity contribution in [2.75, 3.05) is 10.2 Å². The predicted molar refractivity (Wildman–Crippen MR) is 157 cm³/mol. The molecule has 1 fully saturated rings. The molecule has 3 heterocycles. The van der Waals surface area contributed by atoms with Crippen molar-refractivity contribution in [1.29, 1.82) is 0 Å². The van der Waals surface area contributed by atoms with Crippen LogP contribution in [0.4, 0.5) is 11.4 Å². The van der Waals surface area contributed by atoms with E-state index in [1.54, 1.807) is 30.3 Å². The number of carbonyl (C=O) groups excluding carboxylic acids is 3. The molecule has 3 aliphatic heterocycles. The van der Waals surface area contributed by atoms with Gasteiger partial charge >= 0.3 is 0 Å². The molecule has 7 rings (SSSR count). The quantitative estimate of drug-likeness (QED) is 0.298. The highest BCUT2D eigenvalue weighted by Crippen LogP contribution is 2.58. The van der Waals surface area contributed by atoms with Crippen LogP contribution in [0.25, 0.3) is 6.08 Å². The molecular formula is C34H25ClN2O3. The van der Waals surface area contributed by atoms with E-state index in [4.69, 9.17) is 11.6 Å². The highest BCUT2D eigenvalue weighted by molar-refractivity contribution is 6.31. The molecule has 3 aliphatic rings. The number of nitrogens with zero attached hydrogens (tertiary/aromatic N) is 1. The van der Waals surface area contributed by atoms with Gasteiger partial charge in [-0.15, -0.1) is 0 Å². The number of nitrogens with one attached hydrogen (secondary N) is 1. The van der Waals surface area contributed by atoms with Gasteiger partial charge in [0, 0.05) is 27.5 Å². The number of ketones is 2. The van der Waals surface area contributed by atoms with Crippen LogP contribution in [0, 0.1) is 12.8 Å². The molecule has 5 nitrogen and oxygen atoms in total. The van der Waals surface area contributed by atoms with Gasteiger partial charge in [0.15, 0.2) is 11.6 Å². The second-order valence-corrected chi connectivity index (χ2v) is 11.1. The Morgan fingerprint density at radius 1 is 0.850 bits per heavy atom. The third-order valence-electron chi connectivity index (χ3n) is 8.54. The molecule has 1 spiro atoms. The number of rotatable bonds is 4. The number of benzene rings is 4. The summed E-state index contributed by atoms with van der Waals surface area (Å²) in [6, 6.07) is 27.8. The fourth-order valence-electron chi connectivity index (χ4n) is 6.82. The first-order chi connectivity index (χ1) is 19.4. The van der Waals surface area contributed by atoms with Gasteiger partial charge < -0.3 is 10.2 Å². The molecule has 1 saturated heterocycles. The second-order valence-electron chi connectivity index (χ2n) is 10.7. The van der Waals surface area contributed by atoms with Gasteiger partial charge in [0.2, 0.25) is 5.91 Å². The highest BCUT2D eigenvalue weighted by Gasteiger charge is 2.70. The Morgan fingerprint density at radius 3 is 2.33 bits per heavy atom. The first-order valence-corrected chi connectivity index (χ1v) is 13.7. The molecule has 0 radical (unpaired) electrons. The molecule has 196 valence electrons. The summed E-state index contributed by atoms with van der Waals surface area (Å²) in [6.07, 6.45) is 3.90. The van der Waals surface area contributed by atoms with Crippen LogP contribution in [-0.4, -0.2) is 29.6 Å². The summed E-state index contributed by atoms with van der Waals surface area (Å²) in [7, 11) is 0. The first-order valence-electron chi connectivity index (χ1n) is 13.3. The van der Waals surface area contributed by atoms with Crippen LogP contribution in [0.3, 0.4) is 0 Å². The Balaban J connectivity index is 1.54. The lowest BCUT2D eigenvalue weighted by Gasteiger charge is -2.37. The SMILES string of the molecule is Cc1ccc(C(=O)[C@@H]2[C@H](C(=O)c3ccccc3)N3c4ccc(Cl)cc4C=C[C@H]3[C@]23C(=O)Nc2ccccc23)cc1. The van der Waals surface area contributed by atoms with Crippen molar-refractivity contribution in [3.05, 3.63) is 136 Å². The third kappa shape index (κ3) is 3.37. The molecule has 4 atom stereocenters. The van der Waals surface area contributed by atoms with Crippen LogP contribution >= 0.6 is 11.6 Å². The Hall–Kier alpha value is -4.48. The third-order valence-corrected chi connectivity index (χ3v) is 8.78. The first kappa shape index (κ1) is 24.6. The second kappa shape index (κ2) is 9.04. The van der Waals surface area contributed by atoms with Crippen LogP contribution in [0.1, 0.15) is 37.4 Å². The van der Waals surface area contributed by atoms with Crippen LogP contribution in [0.15, 0.2) is 103 Å². The molecule has 0 unspecified atom stereocenters. The summed E-state index contributed by atoms with van der Waals surface area (Å²) in [5.74, 6) is -1.72. The van der Waals surface area contributed by atoms with Gasteiger partial charge in [-0.3, -0.25) is 14.4 Å². The average Bonchev–Trinajstić information content (AvgIpc) is 3.45. The fourth-order valence-corrected chi connectivity index (χ4v) is 7.00. The summed E-state index contributed by atoms with van der Waals surface area (Å²) < 4.78 is 0. The van der Waals surface area contributed by atoms with Gasteiger partial charge in [0.25, 0.3) is 0 Å². The summed E-state index contributed by atoms with van der Waals surface area (Å²) in [4.78, 5) is 45.6. The zero-order chi connectivity index (χ0) is 27.6. The lowest BCUT2D eigenvalue weighted by Crippen LogP contribution is -2.51. The van der Waals surface area contributed by atoms with E-state index in [0.29, 0.717) is 21.8 Å². The number of carbonyl (C=O) groups is 3. The molecular weight excluding hydrogens is 520 g/mol. The lowest BCUT2D eigenvalue weighted by atomic mass is 9.64. The minimum atomic E-state index is -1.33. The minimum absolute atomic E-state index is 0.207. The number of anilines is 2. The Kier molecular flexibility index (Phi) is 5.55.